The number of phenolic OH excluding ortho intramolecular Hbond substituents is 1. The maximum Gasteiger partial charge on any atom is 0.342 e. The zero-order valence-corrected chi connectivity index (χ0v) is 45.7. The Labute approximate surface area is 445 Å². The number of allylic oxidation sites excluding steroid dienone is 20. The fraction of sp³-hybridized carbons (Fsp3) is 0.475. The molecule has 0 saturated carbocycles. The monoisotopic (exact) mass is 1040 g/mol. The standard InChI is InChI=1S/C59H86N4O8S2/c1-5-7-9-11-13-15-17-19-21-23-24-26-28-30-32-34-36-38-53(65)61-44-46-72-73-47-45-62-54(66)42-43-63-57(68)56(71-58(69)51-48-50(60)40-41-52(51)64)59(3,4)49-70-55(67)39-37-35-33-31-29-27-25-22-20-18-16-14-12-10-8-6-2/h7-10,13-16,19-22,24,26-27,29-33,40-41,48,56,64H,5-6,11-12,17-18,23,25,28,34-39,42-47,49,60H2,1-4H3,(H,61,65)(H,62,66)(H,63,68). The molecule has 0 bridgehead atoms. The predicted octanol–water partition coefficient (Wildman–Crippen LogP) is 12.6. The van der Waals surface area contributed by atoms with E-state index in [1.807, 2.05) is 18.2 Å². The molecule has 0 heterocycles. The highest BCUT2D eigenvalue weighted by molar-refractivity contribution is 8.76. The van der Waals surface area contributed by atoms with Crippen LogP contribution in [0.2, 0.25) is 0 Å². The van der Waals surface area contributed by atoms with Gasteiger partial charge in [-0.25, -0.2) is 4.79 Å². The van der Waals surface area contributed by atoms with Gasteiger partial charge < -0.3 is 36.3 Å². The van der Waals surface area contributed by atoms with E-state index < -0.39 is 29.4 Å². The Kier molecular flexibility index (Phi) is 40.2. The molecule has 3 amide bonds. The molecule has 0 aliphatic rings. The Balaban J connectivity index is 2.38. The molecule has 1 rings (SSSR count). The minimum Gasteiger partial charge on any atom is -0.507 e. The molecule has 0 aromatic heterocycles. The van der Waals surface area contributed by atoms with Crippen molar-refractivity contribution in [1.82, 2.24) is 16.0 Å². The van der Waals surface area contributed by atoms with Crippen LogP contribution in [0.4, 0.5) is 5.69 Å². The number of carbonyl (C=O) groups excluding carboxylic acids is 5. The van der Waals surface area contributed by atoms with Gasteiger partial charge in [0.05, 0.1) is 0 Å². The second-order valence-corrected chi connectivity index (χ2v) is 20.2. The molecular formula is C59H86N4O8S2. The molecule has 6 N–H and O–H groups in total. The molecule has 1 aromatic carbocycles. The Hall–Kier alpha value is -5.73. The lowest BCUT2D eigenvalue weighted by Gasteiger charge is -2.32. The molecule has 0 saturated heterocycles. The van der Waals surface area contributed by atoms with Gasteiger partial charge in [0.2, 0.25) is 11.8 Å². The van der Waals surface area contributed by atoms with E-state index >= 15 is 0 Å². The summed E-state index contributed by atoms with van der Waals surface area (Å²) in [5.74, 6) is -1.39. The van der Waals surface area contributed by atoms with Crippen molar-refractivity contribution in [2.45, 2.75) is 137 Å². The maximum absolute atomic E-state index is 13.6. The molecule has 1 unspecified atom stereocenters. The second kappa shape index (κ2) is 44.9. The van der Waals surface area contributed by atoms with E-state index in [2.05, 4.69) is 133 Å². The number of nitrogen functional groups attached to an aromatic ring is 1. The fourth-order valence-electron chi connectivity index (χ4n) is 6.35. The van der Waals surface area contributed by atoms with E-state index in [0.29, 0.717) is 38.1 Å². The Morgan fingerprint density at radius 2 is 1.07 bits per heavy atom. The van der Waals surface area contributed by atoms with Gasteiger partial charge in [-0.15, -0.1) is 0 Å². The number of benzene rings is 1. The van der Waals surface area contributed by atoms with E-state index in [0.717, 1.165) is 76.4 Å². The first kappa shape index (κ1) is 65.3. The van der Waals surface area contributed by atoms with Crippen LogP contribution in [-0.2, 0) is 28.7 Å². The number of aromatic hydroxyl groups is 1. The average molecular weight is 1040 g/mol. The zero-order chi connectivity index (χ0) is 53.5. The van der Waals surface area contributed by atoms with Crippen molar-refractivity contribution in [3.63, 3.8) is 0 Å². The summed E-state index contributed by atoms with van der Waals surface area (Å²) in [5.41, 5.74) is 4.61. The van der Waals surface area contributed by atoms with Crippen molar-refractivity contribution < 1.29 is 38.6 Å². The number of amides is 3. The summed E-state index contributed by atoms with van der Waals surface area (Å²) in [4.78, 5) is 64.3. The number of carbonyl (C=O) groups is 5. The molecule has 14 heteroatoms. The van der Waals surface area contributed by atoms with Crippen LogP contribution in [0.1, 0.15) is 141 Å². The summed E-state index contributed by atoms with van der Waals surface area (Å²) in [6.07, 6.45) is 53.2. The third-order valence-electron chi connectivity index (χ3n) is 10.4. The van der Waals surface area contributed by atoms with Gasteiger partial charge in [0.1, 0.15) is 17.9 Å². The topological polar surface area (TPSA) is 186 Å². The fourth-order valence-corrected chi connectivity index (χ4v) is 8.16. The van der Waals surface area contributed by atoms with Gasteiger partial charge in [-0.05, 0) is 102 Å². The molecule has 0 aliphatic heterocycles. The van der Waals surface area contributed by atoms with E-state index in [1.165, 1.54) is 18.2 Å². The molecule has 0 spiro atoms. The largest absolute Gasteiger partial charge is 0.507 e. The summed E-state index contributed by atoms with van der Waals surface area (Å²) >= 11 is 0. The van der Waals surface area contributed by atoms with Crippen LogP contribution in [0.25, 0.3) is 0 Å². The average Bonchev–Trinajstić information content (AvgIpc) is 3.37. The number of phenols is 1. The molecule has 1 atom stereocenters. The van der Waals surface area contributed by atoms with E-state index in [1.54, 1.807) is 35.4 Å². The first-order chi connectivity index (χ1) is 35.4. The third kappa shape index (κ3) is 37.6. The number of nitrogens with two attached hydrogens (primary N) is 1. The van der Waals surface area contributed by atoms with Crippen molar-refractivity contribution in [2.75, 3.05) is 43.5 Å². The molecule has 0 aliphatic carbocycles. The van der Waals surface area contributed by atoms with Gasteiger partial charge in [-0.1, -0.05) is 171 Å². The second-order valence-electron chi connectivity index (χ2n) is 17.5. The maximum atomic E-state index is 13.6. The summed E-state index contributed by atoms with van der Waals surface area (Å²) in [6, 6.07) is 3.91. The quantitative estimate of drug-likeness (QED) is 0.00799. The minimum absolute atomic E-state index is 0.0283. The van der Waals surface area contributed by atoms with Crippen molar-refractivity contribution in [3.8, 4) is 5.75 Å². The first-order valence-corrected chi connectivity index (χ1v) is 28.4. The van der Waals surface area contributed by atoms with Crippen molar-refractivity contribution in [1.29, 1.82) is 0 Å². The summed E-state index contributed by atoms with van der Waals surface area (Å²) in [6.45, 7) is 8.19. The van der Waals surface area contributed by atoms with Crippen LogP contribution in [0.3, 0.4) is 0 Å². The Morgan fingerprint density at radius 3 is 1.62 bits per heavy atom. The van der Waals surface area contributed by atoms with Gasteiger partial charge in [-0.3, -0.25) is 19.2 Å². The predicted molar refractivity (Wildman–Crippen MR) is 307 cm³/mol. The van der Waals surface area contributed by atoms with Crippen LogP contribution in [0.5, 0.6) is 5.75 Å². The number of unbranched alkanes of at least 4 members (excludes halogenated alkanes) is 2. The summed E-state index contributed by atoms with van der Waals surface area (Å²) in [7, 11) is 3.20. The Bertz CT molecular complexity index is 2030. The van der Waals surface area contributed by atoms with E-state index in [9.17, 15) is 29.1 Å². The van der Waals surface area contributed by atoms with Crippen LogP contribution >= 0.6 is 21.6 Å². The smallest absolute Gasteiger partial charge is 0.342 e. The Morgan fingerprint density at radius 1 is 0.603 bits per heavy atom. The van der Waals surface area contributed by atoms with Crippen LogP contribution in [0.15, 0.2) is 140 Å². The van der Waals surface area contributed by atoms with Gasteiger partial charge in [0, 0.05) is 61.5 Å². The lowest BCUT2D eigenvalue weighted by Crippen LogP contribution is -2.49. The van der Waals surface area contributed by atoms with Crippen molar-refractivity contribution in [2.24, 2.45) is 5.41 Å². The number of anilines is 1. The van der Waals surface area contributed by atoms with Crippen molar-refractivity contribution >= 4 is 56.9 Å². The van der Waals surface area contributed by atoms with Gasteiger partial charge >= 0.3 is 11.9 Å². The SMILES string of the molecule is CCC=CCC=CCC=CCC=CC=CCCCC(=O)OCC(C)(C)C(OC(=O)c1cc(N)ccc1O)C(=O)NCCC(=O)NCCSSCCNC(=O)CCCC=CCC=CCC=CCC=CCC=CCC. The summed E-state index contributed by atoms with van der Waals surface area (Å²) in [5, 5.41) is 18.8. The van der Waals surface area contributed by atoms with Gasteiger partial charge in [0.15, 0.2) is 6.10 Å². The molecule has 12 nitrogen and oxygen atoms in total. The van der Waals surface area contributed by atoms with Crippen LogP contribution in [0, 0.1) is 5.41 Å². The lowest BCUT2D eigenvalue weighted by atomic mass is 9.86. The minimum atomic E-state index is -1.46. The highest BCUT2D eigenvalue weighted by Crippen LogP contribution is 2.28. The lowest BCUT2D eigenvalue weighted by molar-refractivity contribution is -0.153. The van der Waals surface area contributed by atoms with E-state index in [4.69, 9.17) is 15.2 Å². The zero-order valence-electron chi connectivity index (χ0n) is 44.1. The number of nitrogens with one attached hydrogen (secondary N) is 3. The molecular weight excluding hydrogens is 957 g/mol. The molecule has 402 valence electrons. The number of hydrogen-bond acceptors (Lipinski definition) is 11. The van der Waals surface area contributed by atoms with Crippen LogP contribution in [-0.4, -0.2) is 78.6 Å². The first-order valence-electron chi connectivity index (χ1n) is 25.9. The van der Waals surface area contributed by atoms with Gasteiger partial charge in [-0.2, -0.15) is 0 Å². The molecule has 1 aromatic rings. The third-order valence-corrected chi connectivity index (χ3v) is 12.8. The number of hydrogen-bond donors (Lipinski definition) is 5. The number of esters is 2. The molecule has 0 fully saturated rings. The highest BCUT2D eigenvalue weighted by Gasteiger charge is 2.40. The van der Waals surface area contributed by atoms with E-state index in [-0.39, 0.29) is 54.8 Å². The highest BCUT2D eigenvalue weighted by atomic mass is 33.1. The number of ether oxygens (including phenoxy) is 2. The molecule has 73 heavy (non-hydrogen) atoms. The number of rotatable bonds is 41. The van der Waals surface area contributed by atoms with Gasteiger partial charge in [0.25, 0.3) is 5.91 Å². The molecule has 0 radical (unpaired) electrons. The van der Waals surface area contributed by atoms with Crippen LogP contribution < -0.4 is 21.7 Å². The van der Waals surface area contributed by atoms with Crippen molar-refractivity contribution in [3.05, 3.63) is 145 Å². The normalized spacial score (nSPS) is 12.9. The summed E-state index contributed by atoms with van der Waals surface area (Å²) < 4.78 is 11.2.